The number of furan rings is 1. The van der Waals surface area contributed by atoms with Gasteiger partial charge in [0, 0.05) is 6.07 Å². The molecule has 0 radical (unpaired) electrons. The highest BCUT2D eigenvalue weighted by Crippen LogP contribution is 2.23. The Bertz CT molecular complexity index is 595. The fourth-order valence-corrected chi connectivity index (χ4v) is 1.27. The average Bonchev–Trinajstić information content (AvgIpc) is 2.86. The molecule has 5 heteroatoms. The van der Waals surface area contributed by atoms with E-state index in [0.29, 0.717) is 11.5 Å². The number of benzene rings is 1. The number of rotatable bonds is 3. The highest BCUT2D eigenvalue weighted by Gasteiger charge is 2.03. The molecule has 1 unspecified atom stereocenters. The molecule has 1 atom stereocenters. The lowest BCUT2D eigenvalue weighted by atomic mass is 10.3. The van der Waals surface area contributed by atoms with Crippen molar-refractivity contribution in [2.75, 3.05) is 0 Å². The first-order chi connectivity index (χ1) is 9.17. The van der Waals surface area contributed by atoms with Crippen LogP contribution in [-0.4, -0.2) is 11.2 Å². The van der Waals surface area contributed by atoms with Crippen molar-refractivity contribution in [3.05, 3.63) is 48.0 Å². The van der Waals surface area contributed by atoms with E-state index in [2.05, 4.69) is 11.8 Å². The van der Waals surface area contributed by atoms with Gasteiger partial charge in [0.25, 0.3) is 5.95 Å². The number of ether oxygens (including phenoxy) is 1. The molecule has 0 spiro atoms. The maximum absolute atomic E-state index is 12.7. The lowest BCUT2D eigenvalue weighted by Crippen LogP contribution is -2.19. The van der Waals surface area contributed by atoms with Crippen molar-refractivity contribution in [3.63, 3.8) is 0 Å². The van der Waals surface area contributed by atoms with Gasteiger partial charge in [-0.25, -0.2) is 4.39 Å². The first kappa shape index (κ1) is 13.1. The van der Waals surface area contributed by atoms with E-state index in [9.17, 15) is 4.39 Å². The summed E-state index contributed by atoms with van der Waals surface area (Å²) in [6.45, 7) is 1.70. The first-order valence-corrected chi connectivity index (χ1v) is 5.62. The van der Waals surface area contributed by atoms with Crippen molar-refractivity contribution in [3.8, 4) is 23.5 Å². The number of nitrogens with one attached hydrogen (secondary N) is 1. The van der Waals surface area contributed by atoms with Gasteiger partial charge in [0.1, 0.15) is 11.6 Å². The Kier molecular flexibility index (Phi) is 4.18. The van der Waals surface area contributed by atoms with E-state index in [1.54, 1.807) is 19.1 Å². The largest absolute Gasteiger partial charge is 0.426 e. The van der Waals surface area contributed by atoms with Crippen molar-refractivity contribution in [2.45, 2.75) is 13.0 Å². The van der Waals surface area contributed by atoms with Crippen molar-refractivity contribution in [1.82, 2.24) is 5.48 Å². The van der Waals surface area contributed by atoms with Crippen molar-refractivity contribution < 1.29 is 18.8 Å². The molecule has 0 amide bonds. The van der Waals surface area contributed by atoms with Crippen LogP contribution in [0.1, 0.15) is 12.7 Å². The van der Waals surface area contributed by atoms with Crippen molar-refractivity contribution in [2.24, 2.45) is 0 Å². The molecule has 0 aliphatic carbocycles. The molecule has 1 heterocycles. The Balaban J connectivity index is 2.04. The van der Waals surface area contributed by atoms with E-state index in [-0.39, 0.29) is 17.8 Å². The minimum absolute atomic E-state index is 0.264. The maximum Gasteiger partial charge on any atom is 0.291 e. The zero-order chi connectivity index (χ0) is 13.7. The zero-order valence-electron chi connectivity index (χ0n) is 10.2. The standard InChI is InChI=1S/C14H12FNO3/c1-10(16-17)2-5-12-8-9-14(18-12)19-13-6-3-11(15)4-7-13/h3-4,6-10,16-17H,1H3. The second-order valence-corrected chi connectivity index (χ2v) is 3.79. The molecule has 0 bridgehead atoms. The summed E-state index contributed by atoms with van der Waals surface area (Å²) in [5.41, 5.74) is 2.01. The molecule has 2 N–H and O–H groups in total. The summed E-state index contributed by atoms with van der Waals surface area (Å²) in [6, 6.07) is 8.51. The van der Waals surface area contributed by atoms with Crippen LogP contribution in [0.3, 0.4) is 0 Å². The number of hydrogen-bond donors (Lipinski definition) is 2. The molecule has 0 aliphatic heterocycles. The van der Waals surface area contributed by atoms with E-state index in [0.717, 1.165) is 0 Å². The fraction of sp³-hybridized carbons (Fsp3) is 0.143. The summed E-state index contributed by atoms with van der Waals surface area (Å²) in [6.07, 6.45) is 0. The minimum Gasteiger partial charge on any atom is -0.426 e. The third kappa shape index (κ3) is 3.85. The molecular weight excluding hydrogens is 249 g/mol. The third-order valence-electron chi connectivity index (χ3n) is 2.22. The minimum atomic E-state index is -0.355. The maximum atomic E-state index is 12.7. The second kappa shape index (κ2) is 6.05. The van der Waals surface area contributed by atoms with Crippen LogP contribution in [-0.2, 0) is 0 Å². The van der Waals surface area contributed by atoms with Gasteiger partial charge in [-0.3, -0.25) is 0 Å². The Labute approximate surface area is 109 Å². The molecule has 0 saturated carbocycles. The van der Waals surface area contributed by atoms with E-state index >= 15 is 0 Å². The van der Waals surface area contributed by atoms with Gasteiger partial charge >= 0.3 is 0 Å². The topological polar surface area (TPSA) is 54.6 Å². The molecule has 0 fully saturated rings. The van der Waals surface area contributed by atoms with Crippen LogP contribution >= 0.6 is 0 Å². The predicted molar refractivity (Wildman–Crippen MR) is 66.4 cm³/mol. The van der Waals surface area contributed by atoms with Gasteiger partial charge in [0.05, 0.1) is 6.04 Å². The van der Waals surface area contributed by atoms with E-state index in [4.69, 9.17) is 14.4 Å². The summed E-state index contributed by atoms with van der Waals surface area (Å²) >= 11 is 0. The normalized spacial score (nSPS) is 11.5. The molecule has 1 aromatic carbocycles. The molecule has 1 aromatic heterocycles. The molecule has 0 aliphatic rings. The van der Waals surface area contributed by atoms with Crippen LogP contribution in [0.4, 0.5) is 4.39 Å². The Hall–Kier alpha value is -2.29. The summed E-state index contributed by atoms with van der Waals surface area (Å²) < 4.78 is 23.4. The fourth-order valence-electron chi connectivity index (χ4n) is 1.27. The highest BCUT2D eigenvalue weighted by molar-refractivity contribution is 5.32. The smallest absolute Gasteiger partial charge is 0.291 e. The Morgan fingerprint density at radius 1 is 1.26 bits per heavy atom. The molecule has 0 saturated heterocycles. The van der Waals surface area contributed by atoms with E-state index in [1.807, 2.05) is 5.48 Å². The SMILES string of the molecule is CC(C#Cc1ccc(Oc2ccc(F)cc2)o1)NO. The molecule has 4 nitrogen and oxygen atoms in total. The average molecular weight is 261 g/mol. The van der Waals surface area contributed by atoms with Gasteiger partial charge in [-0.15, -0.1) is 0 Å². The summed E-state index contributed by atoms with van der Waals surface area (Å²) in [5.74, 6) is 6.28. The van der Waals surface area contributed by atoms with Gasteiger partial charge in [0.15, 0.2) is 5.76 Å². The zero-order valence-corrected chi connectivity index (χ0v) is 10.2. The number of hydroxylamine groups is 1. The lowest BCUT2D eigenvalue weighted by molar-refractivity contribution is 0.152. The molecule has 2 aromatic rings. The van der Waals surface area contributed by atoms with Crippen molar-refractivity contribution in [1.29, 1.82) is 0 Å². The molecular formula is C14H12FNO3. The van der Waals surface area contributed by atoms with Gasteiger partial charge in [-0.2, -0.15) is 5.48 Å². The monoisotopic (exact) mass is 261 g/mol. The summed E-state index contributed by atoms with van der Waals surface area (Å²) in [5, 5.41) is 8.60. The lowest BCUT2D eigenvalue weighted by Gasteiger charge is -2.00. The Morgan fingerprint density at radius 3 is 2.68 bits per heavy atom. The number of halogens is 1. The predicted octanol–water partition coefficient (Wildman–Crippen LogP) is 2.93. The van der Waals surface area contributed by atoms with E-state index < -0.39 is 0 Å². The van der Waals surface area contributed by atoms with Crippen LogP contribution in [0.5, 0.6) is 11.7 Å². The molecule has 2 rings (SSSR count). The van der Waals surface area contributed by atoms with Gasteiger partial charge < -0.3 is 14.4 Å². The van der Waals surface area contributed by atoms with Gasteiger partial charge in [0.2, 0.25) is 0 Å². The van der Waals surface area contributed by atoms with Crippen LogP contribution in [0, 0.1) is 17.7 Å². The quantitative estimate of drug-likeness (QED) is 0.659. The van der Waals surface area contributed by atoms with Crippen molar-refractivity contribution >= 4 is 0 Å². The molecule has 98 valence electrons. The van der Waals surface area contributed by atoms with Crippen LogP contribution in [0.2, 0.25) is 0 Å². The third-order valence-corrected chi connectivity index (χ3v) is 2.22. The van der Waals surface area contributed by atoms with E-state index in [1.165, 1.54) is 24.3 Å². The number of hydrogen-bond acceptors (Lipinski definition) is 4. The summed E-state index contributed by atoms with van der Waals surface area (Å²) in [4.78, 5) is 0. The van der Waals surface area contributed by atoms with Crippen LogP contribution in [0.25, 0.3) is 0 Å². The highest BCUT2D eigenvalue weighted by atomic mass is 19.1. The Morgan fingerprint density at radius 2 is 2.00 bits per heavy atom. The molecule has 19 heavy (non-hydrogen) atoms. The first-order valence-electron chi connectivity index (χ1n) is 5.62. The summed E-state index contributed by atoms with van der Waals surface area (Å²) in [7, 11) is 0. The van der Waals surface area contributed by atoms with Gasteiger partial charge in [-0.05, 0) is 43.2 Å². The van der Waals surface area contributed by atoms with Crippen LogP contribution in [0.15, 0.2) is 40.8 Å². The van der Waals surface area contributed by atoms with Crippen LogP contribution < -0.4 is 10.2 Å². The second-order valence-electron chi connectivity index (χ2n) is 3.79. The van der Waals surface area contributed by atoms with Gasteiger partial charge in [-0.1, -0.05) is 5.92 Å².